The van der Waals surface area contributed by atoms with Crippen molar-refractivity contribution in [3.8, 4) is 11.5 Å². The SMILES string of the molecule is Cc1ccc(NC(=O)c2ccc3oc(-c4c(Cl)cccc4Cl)nc3c2)cc1C. The lowest BCUT2D eigenvalue weighted by atomic mass is 10.1. The topological polar surface area (TPSA) is 55.1 Å². The maximum atomic E-state index is 12.6. The third-order valence-electron chi connectivity index (χ3n) is 4.59. The summed E-state index contributed by atoms with van der Waals surface area (Å²) in [6, 6.07) is 16.1. The molecule has 0 aliphatic carbocycles. The van der Waals surface area contributed by atoms with Gasteiger partial charge in [-0.3, -0.25) is 4.79 Å². The number of hydrogen-bond donors (Lipinski definition) is 1. The van der Waals surface area contributed by atoms with Crippen molar-refractivity contribution in [1.82, 2.24) is 4.98 Å². The molecule has 1 aromatic heterocycles. The van der Waals surface area contributed by atoms with Gasteiger partial charge in [0, 0.05) is 11.3 Å². The first-order valence-corrected chi connectivity index (χ1v) is 9.41. The van der Waals surface area contributed by atoms with E-state index in [1.807, 2.05) is 32.0 Å². The van der Waals surface area contributed by atoms with Gasteiger partial charge in [-0.05, 0) is 67.4 Å². The van der Waals surface area contributed by atoms with Gasteiger partial charge in [-0.2, -0.15) is 0 Å². The Morgan fingerprint density at radius 3 is 2.43 bits per heavy atom. The minimum absolute atomic E-state index is 0.217. The number of hydrogen-bond acceptors (Lipinski definition) is 3. The van der Waals surface area contributed by atoms with Crippen molar-refractivity contribution in [2.75, 3.05) is 5.32 Å². The van der Waals surface area contributed by atoms with Crippen LogP contribution < -0.4 is 5.32 Å². The number of anilines is 1. The third-order valence-corrected chi connectivity index (χ3v) is 5.22. The number of halogens is 2. The number of nitrogens with zero attached hydrogens (tertiary/aromatic N) is 1. The summed E-state index contributed by atoms with van der Waals surface area (Å²) in [6.07, 6.45) is 0. The highest BCUT2D eigenvalue weighted by molar-refractivity contribution is 6.38. The number of nitrogens with one attached hydrogen (secondary N) is 1. The van der Waals surface area contributed by atoms with Crippen molar-refractivity contribution in [3.05, 3.63) is 81.3 Å². The number of amides is 1. The van der Waals surface area contributed by atoms with E-state index in [1.165, 1.54) is 5.56 Å². The zero-order valence-electron chi connectivity index (χ0n) is 15.2. The summed E-state index contributed by atoms with van der Waals surface area (Å²) in [4.78, 5) is 17.1. The average molecular weight is 411 g/mol. The molecule has 1 amide bonds. The molecule has 0 bridgehead atoms. The summed E-state index contributed by atoms with van der Waals surface area (Å²) in [5, 5.41) is 3.81. The van der Waals surface area contributed by atoms with E-state index >= 15 is 0 Å². The summed E-state index contributed by atoms with van der Waals surface area (Å²) in [5.41, 5.74) is 5.15. The van der Waals surface area contributed by atoms with Crippen LogP contribution in [0.5, 0.6) is 0 Å². The van der Waals surface area contributed by atoms with Crippen LogP contribution in [0.4, 0.5) is 5.69 Å². The highest BCUT2D eigenvalue weighted by atomic mass is 35.5. The van der Waals surface area contributed by atoms with E-state index in [1.54, 1.807) is 36.4 Å². The van der Waals surface area contributed by atoms with Gasteiger partial charge >= 0.3 is 0 Å². The lowest BCUT2D eigenvalue weighted by Crippen LogP contribution is -2.11. The van der Waals surface area contributed by atoms with Gasteiger partial charge in [-0.15, -0.1) is 0 Å². The third kappa shape index (κ3) is 3.49. The molecule has 4 aromatic rings. The first-order valence-electron chi connectivity index (χ1n) is 8.66. The first-order chi connectivity index (χ1) is 13.4. The van der Waals surface area contributed by atoms with Crippen LogP contribution >= 0.6 is 23.2 Å². The summed E-state index contributed by atoms with van der Waals surface area (Å²) in [7, 11) is 0. The zero-order chi connectivity index (χ0) is 19.8. The highest BCUT2D eigenvalue weighted by Crippen LogP contribution is 2.35. The van der Waals surface area contributed by atoms with Crippen LogP contribution in [0.3, 0.4) is 0 Å². The van der Waals surface area contributed by atoms with Crippen molar-refractivity contribution < 1.29 is 9.21 Å². The molecule has 4 nitrogen and oxygen atoms in total. The van der Waals surface area contributed by atoms with Gasteiger partial charge < -0.3 is 9.73 Å². The largest absolute Gasteiger partial charge is 0.436 e. The standard InChI is InChI=1S/C22H16Cl2N2O2/c1-12-6-8-15(10-13(12)2)25-21(27)14-7-9-19-18(11-14)26-22(28-19)20-16(23)4-3-5-17(20)24/h3-11H,1-2H3,(H,25,27). The maximum Gasteiger partial charge on any atom is 0.255 e. The molecule has 0 radical (unpaired) electrons. The Bertz CT molecular complexity index is 1190. The Labute approximate surface area is 172 Å². The quantitative estimate of drug-likeness (QED) is 0.410. The molecule has 0 aliphatic heterocycles. The monoisotopic (exact) mass is 410 g/mol. The average Bonchev–Trinajstić information content (AvgIpc) is 3.07. The van der Waals surface area contributed by atoms with Crippen LogP contribution in [-0.4, -0.2) is 10.9 Å². The molecule has 1 heterocycles. The summed E-state index contributed by atoms with van der Waals surface area (Å²) < 4.78 is 5.79. The predicted molar refractivity (Wildman–Crippen MR) is 113 cm³/mol. The number of rotatable bonds is 3. The molecule has 0 saturated carbocycles. The zero-order valence-corrected chi connectivity index (χ0v) is 16.7. The lowest BCUT2D eigenvalue weighted by Gasteiger charge is -2.07. The fourth-order valence-corrected chi connectivity index (χ4v) is 3.46. The normalized spacial score (nSPS) is 11.0. The number of oxazole rings is 1. The maximum absolute atomic E-state index is 12.6. The molecule has 1 N–H and O–H groups in total. The van der Waals surface area contributed by atoms with Gasteiger partial charge in [0.15, 0.2) is 5.58 Å². The molecule has 3 aromatic carbocycles. The van der Waals surface area contributed by atoms with Crippen LogP contribution in [0.1, 0.15) is 21.5 Å². The second kappa shape index (κ2) is 7.30. The number of carbonyl (C=O) groups is 1. The van der Waals surface area contributed by atoms with Gasteiger partial charge in [0.05, 0.1) is 15.6 Å². The van der Waals surface area contributed by atoms with Gasteiger partial charge in [0.1, 0.15) is 5.52 Å². The molecule has 6 heteroatoms. The van der Waals surface area contributed by atoms with Crippen molar-refractivity contribution in [2.24, 2.45) is 0 Å². The van der Waals surface area contributed by atoms with Crippen LogP contribution in [0.2, 0.25) is 10.0 Å². The van der Waals surface area contributed by atoms with E-state index in [9.17, 15) is 4.79 Å². The van der Waals surface area contributed by atoms with Crippen LogP contribution in [0.25, 0.3) is 22.6 Å². The van der Waals surface area contributed by atoms with Crippen LogP contribution in [0, 0.1) is 13.8 Å². The molecule has 0 atom stereocenters. The molecule has 140 valence electrons. The number of aromatic nitrogens is 1. The molecular formula is C22H16Cl2N2O2. The molecular weight excluding hydrogens is 395 g/mol. The van der Waals surface area contributed by atoms with Gasteiger partial charge in [0.25, 0.3) is 5.91 Å². The molecule has 0 fully saturated rings. The van der Waals surface area contributed by atoms with Gasteiger partial charge in [-0.1, -0.05) is 35.3 Å². The van der Waals surface area contributed by atoms with E-state index in [0.29, 0.717) is 38.2 Å². The number of carbonyl (C=O) groups excluding carboxylic acids is 1. The minimum atomic E-state index is -0.217. The minimum Gasteiger partial charge on any atom is -0.436 e. The Morgan fingerprint density at radius 2 is 1.71 bits per heavy atom. The van der Waals surface area contributed by atoms with Crippen molar-refractivity contribution in [1.29, 1.82) is 0 Å². The van der Waals surface area contributed by atoms with Crippen molar-refractivity contribution >= 4 is 45.9 Å². The van der Waals surface area contributed by atoms with Crippen LogP contribution in [-0.2, 0) is 0 Å². The molecule has 4 rings (SSSR count). The fourth-order valence-electron chi connectivity index (χ4n) is 2.90. The number of benzene rings is 3. The predicted octanol–water partition coefficient (Wildman–Crippen LogP) is 6.67. The summed E-state index contributed by atoms with van der Waals surface area (Å²) >= 11 is 12.5. The Hall–Kier alpha value is -2.82. The van der Waals surface area contributed by atoms with Gasteiger partial charge in [0.2, 0.25) is 5.89 Å². The van der Waals surface area contributed by atoms with E-state index in [-0.39, 0.29) is 5.91 Å². The Kier molecular flexibility index (Phi) is 4.84. The molecule has 28 heavy (non-hydrogen) atoms. The lowest BCUT2D eigenvalue weighted by molar-refractivity contribution is 0.102. The van der Waals surface area contributed by atoms with E-state index in [4.69, 9.17) is 27.6 Å². The molecule has 0 unspecified atom stereocenters. The second-order valence-corrected chi connectivity index (χ2v) is 7.37. The van der Waals surface area contributed by atoms with Crippen molar-refractivity contribution in [3.63, 3.8) is 0 Å². The number of fused-ring (bicyclic) bond motifs is 1. The highest BCUT2D eigenvalue weighted by Gasteiger charge is 2.16. The summed E-state index contributed by atoms with van der Waals surface area (Å²) in [6.45, 7) is 4.04. The smallest absolute Gasteiger partial charge is 0.255 e. The first kappa shape index (κ1) is 18.5. The molecule has 0 spiro atoms. The van der Waals surface area contributed by atoms with Crippen LogP contribution in [0.15, 0.2) is 59.0 Å². The van der Waals surface area contributed by atoms with Gasteiger partial charge in [-0.25, -0.2) is 4.98 Å². The van der Waals surface area contributed by atoms with E-state index in [0.717, 1.165) is 11.3 Å². The van der Waals surface area contributed by atoms with E-state index in [2.05, 4.69) is 10.3 Å². The molecule has 0 aliphatic rings. The Morgan fingerprint density at radius 1 is 0.964 bits per heavy atom. The number of aryl methyl sites for hydroxylation is 2. The summed E-state index contributed by atoms with van der Waals surface area (Å²) in [5.74, 6) is 0.0998. The second-order valence-electron chi connectivity index (χ2n) is 6.55. The molecule has 0 saturated heterocycles. The Balaban J connectivity index is 1.66. The van der Waals surface area contributed by atoms with E-state index < -0.39 is 0 Å². The van der Waals surface area contributed by atoms with Crippen molar-refractivity contribution in [2.45, 2.75) is 13.8 Å². The fraction of sp³-hybridized carbons (Fsp3) is 0.0909.